The second kappa shape index (κ2) is 6.70. The van der Waals surface area contributed by atoms with E-state index in [1.807, 2.05) is 0 Å². The van der Waals surface area contributed by atoms with Crippen molar-refractivity contribution in [3.05, 3.63) is 35.4 Å². The molecule has 3 heteroatoms. The summed E-state index contributed by atoms with van der Waals surface area (Å²) in [7, 11) is 0. The zero-order valence-corrected chi connectivity index (χ0v) is 10.8. The topological polar surface area (TPSA) is 12.0 Å². The summed E-state index contributed by atoms with van der Waals surface area (Å²) in [4.78, 5) is 0. The fourth-order valence-electron chi connectivity index (χ4n) is 1.85. The molecule has 0 spiro atoms. The minimum absolute atomic E-state index is 0.348. The average molecular weight is 241 g/mol. The van der Waals surface area contributed by atoms with Gasteiger partial charge in [0.05, 0.1) is 0 Å². The van der Waals surface area contributed by atoms with Crippen LogP contribution in [-0.4, -0.2) is 12.6 Å². The molecular weight excluding hydrogens is 220 g/mol. The maximum atomic E-state index is 13.0. The van der Waals surface area contributed by atoms with Crippen LogP contribution in [0.25, 0.3) is 0 Å². The molecule has 0 aliphatic carbocycles. The summed E-state index contributed by atoms with van der Waals surface area (Å²) in [5.74, 6) is -0.648. The Labute approximate surface area is 102 Å². The second-order valence-electron chi connectivity index (χ2n) is 4.70. The van der Waals surface area contributed by atoms with Gasteiger partial charge < -0.3 is 5.32 Å². The van der Waals surface area contributed by atoms with E-state index in [1.165, 1.54) is 12.1 Å². The van der Waals surface area contributed by atoms with Crippen LogP contribution in [0.3, 0.4) is 0 Å². The third-order valence-corrected chi connectivity index (χ3v) is 3.05. The van der Waals surface area contributed by atoms with Crippen LogP contribution in [0.4, 0.5) is 8.78 Å². The number of benzene rings is 1. The Bertz CT molecular complexity index is 332. The fraction of sp³-hybridized carbons (Fsp3) is 0.571. The first-order valence-electron chi connectivity index (χ1n) is 6.21. The van der Waals surface area contributed by atoms with Gasteiger partial charge in [-0.3, -0.25) is 0 Å². The van der Waals surface area contributed by atoms with Gasteiger partial charge in [0, 0.05) is 12.1 Å². The van der Waals surface area contributed by atoms with Crippen LogP contribution in [0, 0.1) is 17.6 Å². The first-order chi connectivity index (χ1) is 8.02. The van der Waals surface area contributed by atoms with Gasteiger partial charge in [0.15, 0.2) is 0 Å². The van der Waals surface area contributed by atoms with Crippen LogP contribution < -0.4 is 5.32 Å². The third-order valence-electron chi connectivity index (χ3n) is 3.05. The van der Waals surface area contributed by atoms with Gasteiger partial charge in [0.2, 0.25) is 0 Å². The third kappa shape index (κ3) is 4.82. The van der Waals surface area contributed by atoms with E-state index >= 15 is 0 Å². The van der Waals surface area contributed by atoms with Crippen LogP contribution in [0.2, 0.25) is 0 Å². The minimum Gasteiger partial charge on any atom is -0.314 e. The van der Waals surface area contributed by atoms with Gasteiger partial charge in [0.1, 0.15) is 11.6 Å². The lowest BCUT2D eigenvalue weighted by Crippen LogP contribution is -2.33. The zero-order valence-electron chi connectivity index (χ0n) is 10.8. The zero-order chi connectivity index (χ0) is 12.8. The average Bonchev–Trinajstić information content (AvgIpc) is 2.24. The predicted molar refractivity (Wildman–Crippen MR) is 67.0 cm³/mol. The van der Waals surface area contributed by atoms with Gasteiger partial charge in [-0.25, -0.2) is 8.78 Å². The number of rotatable bonds is 6. The van der Waals surface area contributed by atoms with E-state index in [0.29, 0.717) is 18.4 Å². The van der Waals surface area contributed by atoms with Crippen LogP contribution in [-0.2, 0) is 6.42 Å². The normalized spacial score (nSPS) is 14.6. The van der Waals surface area contributed by atoms with E-state index in [2.05, 4.69) is 26.1 Å². The molecule has 0 aliphatic heterocycles. The van der Waals surface area contributed by atoms with Gasteiger partial charge in [-0.05, 0) is 49.9 Å². The molecule has 96 valence electrons. The van der Waals surface area contributed by atoms with Crippen molar-refractivity contribution < 1.29 is 8.78 Å². The summed E-state index contributed by atoms with van der Waals surface area (Å²) < 4.78 is 26.1. The molecular formula is C14H21F2N. The molecule has 1 N–H and O–H groups in total. The number of hydrogen-bond donors (Lipinski definition) is 1. The summed E-state index contributed by atoms with van der Waals surface area (Å²) in [5, 5.41) is 3.39. The van der Waals surface area contributed by atoms with Crippen LogP contribution in [0.5, 0.6) is 0 Å². The fourth-order valence-corrected chi connectivity index (χ4v) is 1.85. The molecule has 1 aromatic carbocycles. The smallest absolute Gasteiger partial charge is 0.126 e. The molecule has 0 aliphatic rings. The monoisotopic (exact) mass is 241 g/mol. The number of nitrogens with one attached hydrogen (secondary N) is 1. The molecule has 1 nitrogen and oxygen atoms in total. The Morgan fingerprint density at radius 2 is 1.71 bits per heavy atom. The van der Waals surface area contributed by atoms with E-state index in [-0.39, 0.29) is 0 Å². The van der Waals surface area contributed by atoms with E-state index < -0.39 is 11.6 Å². The van der Waals surface area contributed by atoms with Crippen molar-refractivity contribution in [1.29, 1.82) is 0 Å². The lowest BCUT2D eigenvalue weighted by molar-refractivity contribution is 0.398. The van der Waals surface area contributed by atoms with Crippen molar-refractivity contribution in [3.8, 4) is 0 Å². The standard InChI is InChI=1S/C14H21F2N/c1-4-5-17-11(3)10(2)6-12-7-13(15)9-14(16)8-12/h7-11,17H,4-6H2,1-3H3. The van der Waals surface area contributed by atoms with Crippen LogP contribution in [0.1, 0.15) is 32.8 Å². The van der Waals surface area contributed by atoms with Gasteiger partial charge >= 0.3 is 0 Å². The maximum Gasteiger partial charge on any atom is 0.126 e. The van der Waals surface area contributed by atoms with Crippen molar-refractivity contribution in [3.63, 3.8) is 0 Å². The molecule has 0 radical (unpaired) electrons. The Kier molecular flexibility index (Phi) is 5.56. The summed E-state index contributed by atoms with van der Waals surface area (Å²) in [6, 6.07) is 4.08. The summed E-state index contributed by atoms with van der Waals surface area (Å²) >= 11 is 0. The highest BCUT2D eigenvalue weighted by atomic mass is 19.1. The molecule has 0 heterocycles. The SMILES string of the molecule is CCCNC(C)C(C)Cc1cc(F)cc(F)c1. The van der Waals surface area contributed by atoms with Crippen molar-refractivity contribution in [2.45, 2.75) is 39.7 Å². The van der Waals surface area contributed by atoms with Crippen molar-refractivity contribution in [2.24, 2.45) is 5.92 Å². The summed E-state index contributed by atoms with van der Waals surface area (Å²) in [6.45, 7) is 7.29. The van der Waals surface area contributed by atoms with Gasteiger partial charge in [-0.2, -0.15) is 0 Å². The van der Waals surface area contributed by atoms with Crippen molar-refractivity contribution in [1.82, 2.24) is 5.32 Å². The molecule has 0 aromatic heterocycles. The summed E-state index contributed by atoms with van der Waals surface area (Å²) in [5.41, 5.74) is 0.722. The van der Waals surface area contributed by atoms with Gasteiger partial charge in [0.25, 0.3) is 0 Å². The molecule has 2 unspecified atom stereocenters. The Morgan fingerprint density at radius 1 is 1.12 bits per heavy atom. The predicted octanol–water partition coefficient (Wildman–Crippen LogP) is 3.53. The first-order valence-corrected chi connectivity index (χ1v) is 6.21. The molecule has 0 bridgehead atoms. The van der Waals surface area contributed by atoms with E-state index in [0.717, 1.165) is 24.6 Å². The lowest BCUT2D eigenvalue weighted by atomic mass is 9.95. The van der Waals surface area contributed by atoms with Crippen LogP contribution >= 0.6 is 0 Å². The Hall–Kier alpha value is -0.960. The van der Waals surface area contributed by atoms with Gasteiger partial charge in [-0.15, -0.1) is 0 Å². The molecule has 1 rings (SSSR count). The second-order valence-corrected chi connectivity index (χ2v) is 4.70. The molecule has 0 saturated carbocycles. The molecule has 2 atom stereocenters. The van der Waals surface area contributed by atoms with Crippen LogP contribution in [0.15, 0.2) is 18.2 Å². The highest BCUT2D eigenvalue weighted by Crippen LogP contribution is 2.15. The minimum atomic E-state index is -0.499. The van der Waals surface area contributed by atoms with E-state index in [9.17, 15) is 8.78 Å². The van der Waals surface area contributed by atoms with Crippen molar-refractivity contribution in [2.75, 3.05) is 6.54 Å². The van der Waals surface area contributed by atoms with Crippen molar-refractivity contribution >= 4 is 0 Å². The molecule has 0 fully saturated rings. The van der Waals surface area contributed by atoms with E-state index in [1.54, 1.807) is 0 Å². The molecule has 17 heavy (non-hydrogen) atoms. The highest BCUT2D eigenvalue weighted by Gasteiger charge is 2.12. The Morgan fingerprint density at radius 3 is 2.24 bits per heavy atom. The maximum absolute atomic E-state index is 13.0. The Balaban J connectivity index is 2.57. The molecule has 0 amide bonds. The first kappa shape index (κ1) is 14.1. The quantitative estimate of drug-likeness (QED) is 0.803. The largest absolute Gasteiger partial charge is 0.314 e. The summed E-state index contributed by atoms with van der Waals surface area (Å²) in [6.07, 6.45) is 1.78. The molecule has 0 saturated heterocycles. The lowest BCUT2D eigenvalue weighted by Gasteiger charge is -2.21. The molecule has 1 aromatic rings. The number of halogens is 2. The number of hydrogen-bond acceptors (Lipinski definition) is 1. The highest BCUT2D eigenvalue weighted by molar-refractivity contribution is 5.18. The van der Waals surface area contributed by atoms with Gasteiger partial charge in [-0.1, -0.05) is 13.8 Å². The van der Waals surface area contributed by atoms with E-state index in [4.69, 9.17) is 0 Å².